The van der Waals surface area contributed by atoms with E-state index in [1.54, 1.807) is 12.1 Å². The van der Waals surface area contributed by atoms with Crippen LogP contribution in [-0.4, -0.2) is 18.1 Å². The monoisotopic (exact) mass is 328 g/mol. The average molecular weight is 329 g/mol. The van der Waals surface area contributed by atoms with Crippen LogP contribution in [0.4, 0.5) is 4.39 Å². The molecular formula is C15H15Cl2FN2O. The lowest BCUT2D eigenvalue weighted by Gasteiger charge is -2.08. The molecule has 3 rings (SSSR count). The molecule has 6 heteroatoms. The highest BCUT2D eigenvalue weighted by molar-refractivity contribution is 6.31. The Morgan fingerprint density at radius 1 is 1.38 bits per heavy atom. The lowest BCUT2D eigenvalue weighted by molar-refractivity contribution is 0.387. The van der Waals surface area contributed by atoms with Gasteiger partial charge in [0.2, 0.25) is 0 Å². The number of ether oxygens (including phenoxy) is 1. The summed E-state index contributed by atoms with van der Waals surface area (Å²) in [7, 11) is 1.41. The van der Waals surface area contributed by atoms with Gasteiger partial charge in [-0.15, -0.1) is 12.4 Å². The van der Waals surface area contributed by atoms with E-state index in [0.717, 1.165) is 23.2 Å². The van der Waals surface area contributed by atoms with Gasteiger partial charge in [0.25, 0.3) is 0 Å². The minimum absolute atomic E-state index is 0. The van der Waals surface area contributed by atoms with Crippen molar-refractivity contribution in [3.05, 3.63) is 46.9 Å². The van der Waals surface area contributed by atoms with E-state index >= 15 is 0 Å². The third kappa shape index (κ3) is 3.12. The molecule has 1 fully saturated rings. The molecule has 1 saturated carbocycles. The maximum Gasteiger partial charge on any atom is 0.183 e. The summed E-state index contributed by atoms with van der Waals surface area (Å²) in [5.74, 6) is -0.0241. The first-order valence-electron chi connectivity index (χ1n) is 6.35. The number of benzene rings is 1. The average Bonchev–Trinajstić information content (AvgIpc) is 3.19. The third-order valence-corrected chi connectivity index (χ3v) is 3.84. The van der Waals surface area contributed by atoms with Gasteiger partial charge in [-0.05, 0) is 30.2 Å². The molecule has 3 nitrogen and oxygen atoms in total. The first kappa shape index (κ1) is 16.0. The van der Waals surface area contributed by atoms with Crippen LogP contribution in [0.2, 0.25) is 5.02 Å². The van der Waals surface area contributed by atoms with Gasteiger partial charge in [-0.2, -0.15) is 0 Å². The van der Waals surface area contributed by atoms with Crippen molar-refractivity contribution in [1.29, 1.82) is 0 Å². The number of pyridine rings is 1. The zero-order valence-electron chi connectivity index (χ0n) is 11.3. The third-order valence-electron chi connectivity index (χ3n) is 3.56. The van der Waals surface area contributed by atoms with Crippen LogP contribution in [0.1, 0.15) is 17.9 Å². The van der Waals surface area contributed by atoms with Crippen LogP contribution in [0, 0.1) is 5.82 Å². The van der Waals surface area contributed by atoms with Crippen LogP contribution in [0.25, 0.3) is 11.3 Å². The van der Waals surface area contributed by atoms with E-state index in [-0.39, 0.29) is 29.2 Å². The van der Waals surface area contributed by atoms with E-state index in [1.807, 2.05) is 18.3 Å². The van der Waals surface area contributed by atoms with E-state index in [0.29, 0.717) is 5.92 Å². The Balaban J connectivity index is 0.00000161. The summed E-state index contributed by atoms with van der Waals surface area (Å²) < 4.78 is 18.6. The molecule has 1 aliphatic rings. The van der Waals surface area contributed by atoms with E-state index in [1.165, 1.54) is 7.11 Å². The first-order valence-corrected chi connectivity index (χ1v) is 6.73. The Labute approximate surface area is 133 Å². The van der Waals surface area contributed by atoms with Crippen LogP contribution < -0.4 is 10.5 Å². The van der Waals surface area contributed by atoms with Crippen LogP contribution >= 0.6 is 24.0 Å². The van der Waals surface area contributed by atoms with Crippen LogP contribution in [0.3, 0.4) is 0 Å². The fourth-order valence-corrected chi connectivity index (χ4v) is 2.46. The molecule has 0 spiro atoms. The molecule has 0 aliphatic heterocycles. The first-order chi connectivity index (χ1) is 9.60. The molecule has 2 aromatic rings. The summed E-state index contributed by atoms with van der Waals surface area (Å²) in [4.78, 5) is 4.40. The second-order valence-electron chi connectivity index (χ2n) is 4.96. The Morgan fingerprint density at radius 3 is 2.62 bits per heavy atom. The molecule has 1 aliphatic carbocycles. The Hall–Kier alpha value is -1.36. The van der Waals surface area contributed by atoms with Gasteiger partial charge in [0, 0.05) is 23.7 Å². The van der Waals surface area contributed by atoms with Crippen molar-refractivity contribution in [2.24, 2.45) is 5.73 Å². The van der Waals surface area contributed by atoms with Gasteiger partial charge in [-0.1, -0.05) is 17.7 Å². The molecule has 2 N–H and O–H groups in total. The Kier molecular flexibility index (Phi) is 4.71. The molecule has 112 valence electrons. The quantitative estimate of drug-likeness (QED) is 0.932. The van der Waals surface area contributed by atoms with E-state index < -0.39 is 5.82 Å². The van der Waals surface area contributed by atoms with Crippen LogP contribution in [-0.2, 0) is 0 Å². The summed E-state index contributed by atoms with van der Waals surface area (Å²) >= 11 is 5.86. The maximum absolute atomic E-state index is 13.6. The number of nitrogens with two attached hydrogens (primary N) is 1. The standard InChI is InChI=1S/C15H14ClFN2O.ClH/c1-20-14-5-9(4-11(16)15(14)17)13-3-2-8(7-19-13)10-6-12(10)18;/h2-5,7,10,12H,6,18H2,1H3;1H/t10-,12+;/m0./s1. The minimum atomic E-state index is -0.557. The van der Waals surface area contributed by atoms with E-state index in [2.05, 4.69) is 4.98 Å². The summed E-state index contributed by atoms with van der Waals surface area (Å²) in [5.41, 5.74) is 8.41. The number of aromatic nitrogens is 1. The predicted octanol–water partition coefficient (Wildman–Crippen LogP) is 3.79. The number of methoxy groups -OCH3 is 1. The normalized spacial score (nSPS) is 19.8. The van der Waals surface area contributed by atoms with Crippen molar-refractivity contribution in [3.8, 4) is 17.0 Å². The Morgan fingerprint density at radius 2 is 2.10 bits per heavy atom. The van der Waals surface area contributed by atoms with Crippen molar-refractivity contribution in [2.45, 2.75) is 18.4 Å². The summed E-state index contributed by atoms with van der Waals surface area (Å²) in [5, 5.41) is 0.0226. The van der Waals surface area contributed by atoms with Gasteiger partial charge in [-0.25, -0.2) is 4.39 Å². The molecule has 2 atom stereocenters. The van der Waals surface area contributed by atoms with Crippen LogP contribution in [0.5, 0.6) is 5.75 Å². The smallest absolute Gasteiger partial charge is 0.183 e. The van der Waals surface area contributed by atoms with Gasteiger partial charge in [0.1, 0.15) is 0 Å². The van der Waals surface area contributed by atoms with E-state index in [4.69, 9.17) is 22.1 Å². The molecule has 1 aromatic carbocycles. The molecule has 1 heterocycles. The van der Waals surface area contributed by atoms with Gasteiger partial charge in [0.15, 0.2) is 11.6 Å². The highest BCUT2D eigenvalue weighted by atomic mass is 35.5. The molecule has 0 saturated heterocycles. The van der Waals surface area contributed by atoms with Crippen molar-refractivity contribution in [2.75, 3.05) is 7.11 Å². The van der Waals surface area contributed by atoms with Gasteiger partial charge >= 0.3 is 0 Å². The predicted molar refractivity (Wildman–Crippen MR) is 83.8 cm³/mol. The van der Waals surface area contributed by atoms with Gasteiger partial charge in [0.05, 0.1) is 17.8 Å². The SMILES string of the molecule is COc1cc(-c2ccc([C@@H]3C[C@H]3N)cn2)cc(Cl)c1F.Cl. The highest BCUT2D eigenvalue weighted by Gasteiger charge is 2.34. The van der Waals surface area contributed by atoms with Crippen molar-refractivity contribution < 1.29 is 9.13 Å². The van der Waals surface area contributed by atoms with Crippen molar-refractivity contribution in [1.82, 2.24) is 4.98 Å². The molecule has 0 radical (unpaired) electrons. The second-order valence-corrected chi connectivity index (χ2v) is 5.36. The minimum Gasteiger partial charge on any atom is -0.494 e. The fourth-order valence-electron chi connectivity index (χ4n) is 2.25. The Bertz CT molecular complexity index is 649. The van der Waals surface area contributed by atoms with Crippen molar-refractivity contribution in [3.63, 3.8) is 0 Å². The molecule has 0 bridgehead atoms. The van der Waals surface area contributed by atoms with Gasteiger partial charge in [-0.3, -0.25) is 4.98 Å². The summed E-state index contributed by atoms with van der Waals surface area (Å²) in [6.45, 7) is 0. The maximum atomic E-state index is 13.6. The largest absolute Gasteiger partial charge is 0.494 e. The molecule has 1 aromatic heterocycles. The second kappa shape index (κ2) is 6.18. The number of hydrogen-bond acceptors (Lipinski definition) is 3. The fraction of sp³-hybridized carbons (Fsp3) is 0.267. The zero-order valence-corrected chi connectivity index (χ0v) is 12.9. The summed E-state index contributed by atoms with van der Waals surface area (Å²) in [6, 6.07) is 7.28. The lowest BCUT2D eigenvalue weighted by atomic mass is 10.1. The number of halogens is 3. The number of hydrogen-bond donors (Lipinski definition) is 1. The van der Waals surface area contributed by atoms with E-state index in [9.17, 15) is 4.39 Å². The zero-order chi connectivity index (χ0) is 14.3. The summed E-state index contributed by atoms with van der Waals surface area (Å²) in [6.07, 6.45) is 2.83. The van der Waals surface area contributed by atoms with Crippen LogP contribution in [0.15, 0.2) is 30.5 Å². The number of nitrogens with zero attached hydrogens (tertiary/aromatic N) is 1. The molecular weight excluding hydrogens is 314 g/mol. The molecule has 0 unspecified atom stereocenters. The lowest BCUT2D eigenvalue weighted by Crippen LogP contribution is -2.01. The number of rotatable bonds is 3. The van der Waals surface area contributed by atoms with Gasteiger partial charge < -0.3 is 10.5 Å². The molecule has 0 amide bonds. The highest BCUT2D eigenvalue weighted by Crippen LogP contribution is 2.39. The molecule has 21 heavy (non-hydrogen) atoms. The van der Waals surface area contributed by atoms with Crippen molar-refractivity contribution >= 4 is 24.0 Å². The topological polar surface area (TPSA) is 48.1 Å².